The lowest BCUT2D eigenvalue weighted by Crippen LogP contribution is -2.63. The zero-order valence-electron chi connectivity index (χ0n) is 20.7. The quantitative estimate of drug-likeness (QED) is 0.305. The first kappa shape index (κ1) is 26.7. The van der Waals surface area contributed by atoms with E-state index in [1.807, 2.05) is 13.0 Å². The third-order valence-electron chi connectivity index (χ3n) is 9.66. The van der Waals surface area contributed by atoms with E-state index in [-0.39, 0.29) is 29.3 Å². The SMILES string of the molecule is C=C[C@]1(C)C=C2[C@H](O)C[C@@H]3[C@](C)(CC[C@H](O)[C@]3(C)CO[C@H]3O[C@H](C(=O)O)[C@H](O)[C@@H](O)[C@H]3O)[C@H]2CC1. The van der Waals surface area contributed by atoms with Crippen molar-refractivity contribution < 1.29 is 44.9 Å². The molecule has 2 saturated carbocycles. The van der Waals surface area contributed by atoms with Gasteiger partial charge in [-0.1, -0.05) is 32.9 Å². The van der Waals surface area contributed by atoms with Gasteiger partial charge in [0.05, 0.1) is 18.8 Å². The highest BCUT2D eigenvalue weighted by Gasteiger charge is 2.61. The van der Waals surface area contributed by atoms with Gasteiger partial charge in [0.1, 0.15) is 18.3 Å². The first-order valence-corrected chi connectivity index (χ1v) is 12.5. The maximum atomic E-state index is 11.4. The molecular formula is C26H40O9. The summed E-state index contributed by atoms with van der Waals surface area (Å²) in [5.41, 5.74) is -0.126. The fraction of sp³-hybridized carbons (Fsp3) is 0.808. The van der Waals surface area contributed by atoms with Gasteiger partial charge >= 0.3 is 5.97 Å². The number of aliphatic hydroxyl groups excluding tert-OH is 5. The van der Waals surface area contributed by atoms with Crippen LogP contribution in [0.4, 0.5) is 0 Å². The highest BCUT2D eigenvalue weighted by Crippen LogP contribution is 2.64. The smallest absolute Gasteiger partial charge is 0.335 e. The van der Waals surface area contributed by atoms with E-state index in [1.54, 1.807) is 0 Å². The molecule has 4 rings (SSSR count). The summed E-state index contributed by atoms with van der Waals surface area (Å²) < 4.78 is 11.1. The summed E-state index contributed by atoms with van der Waals surface area (Å²) >= 11 is 0. The minimum absolute atomic E-state index is 0.0752. The average Bonchev–Trinajstić information content (AvgIpc) is 2.81. The Balaban J connectivity index is 1.59. The third-order valence-corrected chi connectivity index (χ3v) is 9.66. The summed E-state index contributed by atoms with van der Waals surface area (Å²) in [6.07, 6.45) is -2.14. The summed E-state index contributed by atoms with van der Waals surface area (Å²) in [5.74, 6) is -1.44. The molecule has 6 N–H and O–H groups in total. The molecule has 12 atom stereocenters. The number of rotatable bonds is 5. The molecule has 1 heterocycles. The van der Waals surface area contributed by atoms with Crippen LogP contribution in [0.5, 0.6) is 0 Å². The number of aliphatic hydroxyl groups is 5. The van der Waals surface area contributed by atoms with E-state index in [4.69, 9.17) is 9.47 Å². The molecule has 3 fully saturated rings. The molecule has 0 aromatic carbocycles. The Morgan fingerprint density at radius 2 is 1.80 bits per heavy atom. The Morgan fingerprint density at radius 1 is 1.11 bits per heavy atom. The Labute approximate surface area is 206 Å². The molecule has 0 unspecified atom stereocenters. The van der Waals surface area contributed by atoms with Crippen molar-refractivity contribution in [3.63, 3.8) is 0 Å². The van der Waals surface area contributed by atoms with Crippen molar-refractivity contribution in [3.05, 3.63) is 24.3 Å². The van der Waals surface area contributed by atoms with Crippen molar-refractivity contribution in [1.29, 1.82) is 0 Å². The van der Waals surface area contributed by atoms with E-state index in [9.17, 15) is 35.4 Å². The number of hydrogen-bond donors (Lipinski definition) is 6. The maximum Gasteiger partial charge on any atom is 0.335 e. The lowest BCUT2D eigenvalue weighted by molar-refractivity contribution is -0.307. The zero-order chi connectivity index (χ0) is 25.9. The fourth-order valence-corrected chi connectivity index (χ4v) is 7.28. The predicted molar refractivity (Wildman–Crippen MR) is 125 cm³/mol. The Hall–Kier alpha value is -1.33. The van der Waals surface area contributed by atoms with Crippen molar-refractivity contribution in [3.8, 4) is 0 Å². The molecule has 4 aliphatic rings. The van der Waals surface area contributed by atoms with Gasteiger partial charge in [0, 0.05) is 10.8 Å². The van der Waals surface area contributed by atoms with E-state index in [2.05, 4.69) is 26.5 Å². The van der Waals surface area contributed by atoms with Crippen molar-refractivity contribution in [2.24, 2.45) is 28.1 Å². The van der Waals surface area contributed by atoms with Crippen LogP contribution >= 0.6 is 0 Å². The number of carbonyl (C=O) groups is 1. The minimum Gasteiger partial charge on any atom is -0.479 e. The van der Waals surface area contributed by atoms with Crippen molar-refractivity contribution >= 4 is 5.97 Å². The van der Waals surface area contributed by atoms with Crippen LogP contribution < -0.4 is 0 Å². The van der Waals surface area contributed by atoms with Gasteiger partial charge in [-0.2, -0.15) is 0 Å². The number of carboxylic acids is 1. The summed E-state index contributed by atoms with van der Waals surface area (Å²) in [4.78, 5) is 11.4. The van der Waals surface area contributed by atoms with Crippen LogP contribution in [-0.2, 0) is 14.3 Å². The molecule has 9 heteroatoms. The first-order chi connectivity index (χ1) is 16.3. The summed E-state index contributed by atoms with van der Waals surface area (Å²) in [5, 5.41) is 62.1. The molecule has 3 aliphatic carbocycles. The van der Waals surface area contributed by atoms with Gasteiger partial charge in [-0.25, -0.2) is 4.79 Å². The average molecular weight is 497 g/mol. The molecule has 0 spiro atoms. The standard InChI is InChI=1S/C26H40O9/c1-5-24(2)8-6-14-13(11-24)15(27)10-16-25(14,3)9-7-17(28)26(16,4)12-34-23-20(31)18(29)19(30)21(35-23)22(32)33/h5,11,14-21,23,27-31H,1,6-10,12H2,2-4H3,(H,32,33)/t14-,15+,16+,17-,18+,19+,20+,21-,23-,24-,25+,26+/m0/s1. The van der Waals surface area contributed by atoms with Crippen LogP contribution in [0.25, 0.3) is 0 Å². The molecule has 9 nitrogen and oxygen atoms in total. The van der Waals surface area contributed by atoms with Crippen molar-refractivity contribution in [2.75, 3.05) is 6.61 Å². The lowest BCUT2D eigenvalue weighted by Gasteiger charge is -2.62. The summed E-state index contributed by atoms with van der Waals surface area (Å²) in [6, 6.07) is 0. The van der Waals surface area contributed by atoms with Crippen molar-refractivity contribution in [1.82, 2.24) is 0 Å². The van der Waals surface area contributed by atoms with Crippen molar-refractivity contribution in [2.45, 2.75) is 95.8 Å². The molecule has 0 aromatic rings. The molecule has 1 saturated heterocycles. The molecule has 1 aliphatic heterocycles. The van der Waals surface area contributed by atoms with Crippen LogP contribution in [0, 0.1) is 28.1 Å². The summed E-state index contributed by atoms with van der Waals surface area (Å²) in [7, 11) is 0. The van der Waals surface area contributed by atoms with Gasteiger partial charge in [0.15, 0.2) is 12.4 Å². The van der Waals surface area contributed by atoms with Gasteiger partial charge in [-0.15, -0.1) is 6.58 Å². The minimum atomic E-state index is -1.80. The normalized spacial score (nSPS) is 52.1. The molecule has 198 valence electrons. The molecule has 0 aromatic heterocycles. The van der Waals surface area contributed by atoms with E-state index in [0.29, 0.717) is 12.8 Å². The highest BCUT2D eigenvalue weighted by molar-refractivity contribution is 5.73. The monoisotopic (exact) mass is 496 g/mol. The molecule has 35 heavy (non-hydrogen) atoms. The van der Waals surface area contributed by atoms with E-state index >= 15 is 0 Å². The van der Waals surface area contributed by atoms with Crippen LogP contribution in [-0.4, -0.2) is 86.1 Å². The molecule has 0 amide bonds. The van der Waals surface area contributed by atoms with E-state index in [1.165, 1.54) is 0 Å². The van der Waals surface area contributed by atoms with Gasteiger partial charge in [-0.3, -0.25) is 0 Å². The van der Waals surface area contributed by atoms with E-state index in [0.717, 1.165) is 24.8 Å². The van der Waals surface area contributed by atoms with Crippen LogP contribution in [0.1, 0.15) is 52.9 Å². The predicted octanol–water partition coefficient (Wildman–Crippen LogP) is 0.972. The second-order valence-corrected chi connectivity index (χ2v) is 11.9. The molecular weight excluding hydrogens is 456 g/mol. The lowest BCUT2D eigenvalue weighted by atomic mass is 9.44. The third kappa shape index (κ3) is 4.29. The highest BCUT2D eigenvalue weighted by atomic mass is 16.7. The second kappa shape index (κ2) is 9.20. The van der Waals surface area contributed by atoms with E-state index < -0.39 is 54.3 Å². The van der Waals surface area contributed by atoms with Gasteiger partial charge in [0.25, 0.3) is 0 Å². The summed E-state index contributed by atoms with van der Waals surface area (Å²) in [6.45, 7) is 10.1. The number of ether oxygens (including phenoxy) is 2. The van der Waals surface area contributed by atoms with Gasteiger partial charge < -0.3 is 40.1 Å². The second-order valence-electron chi connectivity index (χ2n) is 11.9. The topological polar surface area (TPSA) is 157 Å². The van der Waals surface area contributed by atoms with Crippen LogP contribution in [0.15, 0.2) is 24.3 Å². The Bertz CT molecular complexity index is 875. The first-order valence-electron chi connectivity index (χ1n) is 12.5. The maximum absolute atomic E-state index is 11.4. The number of hydrogen-bond acceptors (Lipinski definition) is 8. The number of carboxylic acid groups (broad SMARTS) is 1. The fourth-order valence-electron chi connectivity index (χ4n) is 7.28. The largest absolute Gasteiger partial charge is 0.479 e. The zero-order valence-corrected chi connectivity index (χ0v) is 20.7. The molecule has 0 radical (unpaired) electrons. The molecule has 0 bridgehead atoms. The number of fused-ring (bicyclic) bond motifs is 3. The van der Waals surface area contributed by atoms with Gasteiger partial charge in [-0.05, 0) is 54.9 Å². The number of aliphatic carboxylic acids is 1. The van der Waals surface area contributed by atoms with Gasteiger partial charge in [0.2, 0.25) is 0 Å². The Morgan fingerprint density at radius 3 is 2.43 bits per heavy atom. The Kier molecular flexibility index (Phi) is 7.03. The van der Waals surface area contributed by atoms with Crippen LogP contribution in [0.3, 0.4) is 0 Å². The number of allylic oxidation sites excluding steroid dienone is 2. The van der Waals surface area contributed by atoms with Crippen LogP contribution in [0.2, 0.25) is 0 Å².